The number of ether oxygens (including phenoxy) is 1. The number of hydrogen-bond acceptors (Lipinski definition) is 4. The first-order valence-electron chi connectivity index (χ1n) is 11.0. The molecule has 0 radical (unpaired) electrons. The van der Waals surface area contributed by atoms with Crippen LogP contribution in [0.1, 0.15) is 53.4 Å². The highest BCUT2D eigenvalue weighted by atomic mass is 16.5. The molecule has 0 spiro atoms. The fraction of sp³-hybridized carbons (Fsp3) is 0.952. The largest absolute Gasteiger partial charge is 0.381 e. The Labute approximate surface area is 167 Å². The van der Waals surface area contributed by atoms with E-state index in [9.17, 15) is 0 Å². The molecule has 0 aromatic rings. The summed E-state index contributed by atoms with van der Waals surface area (Å²) in [5.74, 6) is 1.71. The smallest absolute Gasteiger partial charge is 0.191 e. The quantitative estimate of drug-likeness (QED) is 0.364. The molecule has 0 amide bonds. The van der Waals surface area contributed by atoms with Crippen molar-refractivity contribution in [2.45, 2.75) is 71.5 Å². The minimum atomic E-state index is 0.537. The van der Waals surface area contributed by atoms with Crippen molar-refractivity contribution in [2.24, 2.45) is 10.9 Å². The number of likely N-dealkylation sites (tertiary alicyclic amines) is 1. The standard InChI is InChI=1S/C21H43N5O/c1-17(2)26(18(3)4)11-6-10-23-21(22-5)24-20-7-12-25(13-8-20)15-19-9-14-27-16-19/h17-20H,6-16H2,1-5H3,(H2,22,23,24). The SMILES string of the molecule is CN=C(NCCCN(C(C)C)C(C)C)NC1CCN(CC2CCOC2)CC1. The molecule has 1 atom stereocenters. The van der Waals surface area contributed by atoms with E-state index in [2.05, 4.69) is 53.1 Å². The Kier molecular flexibility index (Phi) is 9.87. The van der Waals surface area contributed by atoms with E-state index >= 15 is 0 Å². The molecule has 2 heterocycles. The molecule has 2 rings (SSSR count). The van der Waals surface area contributed by atoms with Crippen molar-refractivity contribution < 1.29 is 4.74 Å². The number of nitrogens with one attached hydrogen (secondary N) is 2. The van der Waals surface area contributed by atoms with Gasteiger partial charge < -0.3 is 20.3 Å². The Morgan fingerprint density at radius 2 is 1.85 bits per heavy atom. The van der Waals surface area contributed by atoms with Gasteiger partial charge in [-0.05, 0) is 59.3 Å². The second kappa shape index (κ2) is 11.9. The van der Waals surface area contributed by atoms with E-state index in [-0.39, 0.29) is 0 Å². The van der Waals surface area contributed by atoms with Gasteiger partial charge in [-0.3, -0.25) is 9.89 Å². The molecule has 2 aliphatic rings. The fourth-order valence-electron chi connectivity index (χ4n) is 4.32. The Morgan fingerprint density at radius 1 is 1.15 bits per heavy atom. The normalized spacial score (nSPS) is 23.0. The molecule has 158 valence electrons. The van der Waals surface area contributed by atoms with Gasteiger partial charge in [0.2, 0.25) is 0 Å². The van der Waals surface area contributed by atoms with Crippen molar-refractivity contribution in [3.8, 4) is 0 Å². The maximum Gasteiger partial charge on any atom is 0.191 e. The third-order valence-electron chi connectivity index (χ3n) is 5.90. The Hall–Kier alpha value is -0.850. The maximum atomic E-state index is 5.51. The number of hydrogen-bond donors (Lipinski definition) is 2. The fourth-order valence-corrected chi connectivity index (χ4v) is 4.32. The van der Waals surface area contributed by atoms with E-state index < -0.39 is 0 Å². The van der Waals surface area contributed by atoms with Gasteiger partial charge in [-0.1, -0.05) is 0 Å². The first kappa shape index (κ1) is 22.4. The van der Waals surface area contributed by atoms with E-state index in [0.717, 1.165) is 44.6 Å². The molecular weight excluding hydrogens is 338 g/mol. The molecule has 2 N–H and O–H groups in total. The number of piperidine rings is 1. The van der Waals surface area contributed by atoms with Crippen molar-refractivity contribution in [1.29, 1.82) is 0 Å². The molecule has 0 bridgehead atoms. The molecule has 1 unspecified atom stereocenters. The van der Waals surface area contributed by atoms with Gasteiger partial charge in [-0.2, -0.15) is 0 Å². The third kappa shape index (κ3) is 7.96. The van der Waals surface area contributed by atoms with Gasteiger partial charge >= 0.3 is 0 Å². The van der Waals surface area contributed by atoms with Crippen LogP contribution in [0, 0.1) is 5.92 Å². The molecular formula is C21H43N5O. The summed E-state index contributed by atoms with van der Waals surface area (Å²) in [6.07, 6.45) is 4.77. The van der Waals surface area contributed by atoms with Crippen molar-refractivity contribution in [1.82, 2.24) is 20.4 Å². The Balaban J connectivity index is 1.61. The molecule has 6 nitrogen and oxygen atoms in total. The Bertz CT molecular complexity index is 418. The second-order valence-electron chi connectivity index (χ2n) is 8.73. The summed E-state index contributed by atoms with van der Waals surface area (Å²) in [7, 11) is 1.87. The van der Waals surface area contributed by atoms with Crippen molar-refractivity contribution in [3.63, 3.8) is 0 Å². The minimum absolute atomic E-state index is 0.537. The van der Waals surface area contributed by atoms with Crippen LogP contribution in [0.2, 0.25) is 0 Å². The summed E-state index contributed by atoms with van der Waals surface area (Å²) >= 11 is 0. The molecule has 0 aromatic carbocycles. The van der Waals surface area contributed by atoms with Crippen LogP contribution in [0.25, 0.3) is 0 Å². The second-order valence-corrected chi connectivity index (χ2v) is 8.73. The summed E-state index contributed by atoms with van der Waals surface area (Å²) in [6.45, 7) is 16.7. The van der Waals surface area contributed by atoms with Crippen LogP contribution in [-0.4, -0.2) is 86.9 Å². The zero-order valence-electron chi connectivity index (χ0n) is 18.3. The molecule has 0 aromatic heterocycles. The number of aliphatic imine (C=N–C) groups is 1. The molecule has 2 aliphatic heterocycles. The highest BCUT2D eigenvalue weighted by Crippen LogP contribution is 2.17. The Morgan fingerprint density at radius 3 is 2.41 bits per heavy atom. The lowest BCUT2D eigenvalue weighted by Crippen LogP contribution is -2.49. The predicted octanol–water partition coefficient (Wildman–Crippen LogP) is 2.16. The summed E-state index contributed by atoms with van der Waals surface area (Å²) in [6, 6.07) is 1.74. The van der Waals surface area contributed by atoms with Crippen molar-refractivity contribution in [3.05, 3.63) is 0 Å². The van der Waals surface area contributed by atoms with Crippen LogP contribution in [0.15, 0.2) is 4.99 Å². The highest BCUT2D eigenvalue weighted by molar-refractivity contribution is 5.79. The first-order chi connectivity index (χ1) is 13.0. The van der Waals surface area contributed by atoms with Gasteiger partial charge in [0.15, 0.2) is 5.96 Å². The zero-order valence-corrected chi connectivity index (χ0v) is 18.3. The van der Waals surface area contributed by atoms with Gasteiger partial charge in [-0.15, -0.1) is 0 Å². The van der Waals surface area contributed by atoms with E-state index in [0.29, 0.717) is 18.1 Å². The highest BCUT2D eigenvalue weighted by Gasteiger charge is 2.24. The van der Waals surface area contributed by atoms with Gasteiger partial charge in [-0.25, -0.2) is 0 Å². The number of rotatable bonds is 9. The molecule has 27 heavy (non-hydrogen) atoms. The van der Waals surface area contributed by atoms with Gasteiger partial charge in [0, 0.05) is 64.5 Å². The van der Waals surface area contributed by atoms with E-state index in [1.165, 1.54) is 38.9 Å². The van der Waals surface area contributed by atoms with Gasteiger partial charge in [0.25, 0.3) is 0 Å². The number of guanidine groups is 1. The van der Waals surface area contributed by atoms with E-state index in [4.69, 9.17) is 4.74 Å². The van der Waals surface area contributed by atoms with Gasteiger partial charge in [0.05, 0.1) is 6.61 Å². The summed E-state index contributed by atoms with van der Waals surface area (Å²) in [5, 5.41) is 7.13. The lowest BCUT2D eigenvalue weighted by atomic mass is 10.0. The maximum absolute atomic E-state index is 5.51. The third-order valence-corrected chi connectivity index (χ3v) is 5.90. The first-order valence-corrected chi connectivity index (χ1v) is 11.0. The zero-order chi connectivity index (χ0) is 19.6. The summed E-state index contributed by atoms with van der Waals surface area (Å²) in [4.78, 5) is 9.58. The van der Waals surface area contributed by atoms with Crippen molar-refractivity contribution >= 4 is 5.96 Å². The van der Waals surface area contributed by atoms with E-state index in [1.54, 1.807) is 0 Å². The average molecular weight is 382 g/mol. The van der Waals surface area contributed by atoms with Crippen LogP contribution in [0.5, 0.6) is 0 Å². The lowest BCUT2D eigenvalue weighted by molar-refractivity contribution is 0.150. The topological polar surface area (TPSA) is 52.1 Å². The summed E-state index contributed by atoms with van der Waals surface area (Å²) < 4.78 is 5.51. The number of nitrogens with zero attached hydrogens (tertiary/aromatic N) is 3. The molecule has 2 saturated heterocycles. The summed E-state index contributed by atoms with van der Waals surface area (Å²) in [5.41, 5.74) is 0. The van der Waals surface area contributed by atoms with Crippen LogP contribution >= 0.6 is 0 Å². The van der Waals surface area contributed by atoms with Crippen LogP contribution in [-0.2, 0) is 4.74 Å². The molecule has 6 heteroatoms. The lowest BCUT2D eigenvalue weighted by Gasteiger charge is -2.34. The molecule has 0 saturated carbocycles. The molecule has 0 aliphatic carbocycles. The average Bonchev–Trinajstić information content (AvgIpc) is 3.14. The minimum Gasteiger partial charge on any atom is -0.381 e. The van der Waals surface area contributed by atoms with Crippen LogP contribution < -0.4 is 10.6 Å². The van der Waals surface area contributed by atoms with Crippen LogP contribution in [0.4, 0.5) is 0 Å². The van der Waals surface area contributed by atoms with E-state index in [1.807, 2.05) is 7.05 Å². The van der Waals surface area contributed by atoms with Gasteiger partial charge in [0.1, 0.15) is 0 Å². The van der Waals surface area contributed by atoms with Crippen LogP contribution in [0.3, 0.4) is 0 Å². The monoisotopic (exact) mass is 381 g/mol. The predicted molar refractivity (Wildman–Crippen MR) is 114 cm³/mol. The molecule has 2 fully saturated rings. The van der Waals surface area contributed by atoms with Crippen molar-refractivity contribution in [2.75, 3.05) is 53.0 Å².